The van der Waals surface area contributed by atoms with Crippen molar-refractivity contribution in [1.82, 2.24) is 0 Å². The van der Waals surface area contributed by atoms with Crippen LogP contribution >= 0.6 is 11.3 Å². The molecule has 4 nitrogen and oxygen atoms in total. The molecule has 100 valence electrons. The molecule has 0 saturated carbocycles. The van der Waals surface area contributed by atoms with Gasteiger partial charge in [0.1, 0.15) is 0 Å². The summed E-state index contributed by atoms with van der Waals surface area (Å²) in [5.41, 5.74) is -1.12. The summed E-state index contributed by atoms with van der Waals surface area (Å²) in [5.74, 6) is -1.23. The van der Waals surface area contributed by atoms with Gasteiger partial charge in [0.05, 0.1) is 16.9 Å². The van der Waals surface area contributed by atoms with Crippen LogP contribution in [-0.2, 0) is 27.5 Å². The van der Waals surface area contributed by atoms with Crippen molar-refractivity contribution in [2.45, 2.75) is 26.2 Å². The molecule has 6 heteroatoms. The number of aliphatic carboxylic acids is 1. The van der Waals surface area contributed by atoms with Crippen LogP contribution < -0.4 is 0 Å². The zero-order chi connectivity index (χ0) is 13.4. The molecule has 0 amide bonds. The minimum Gasteiger partial charge on any atom is -0.481 e. The van der Waals surface area contributed by atoms with E-state index >= 15 is 0 Å². The van der Waals surface area contributed by atoms with Gasteiger partial charge >= 0.3 is 5.97 Å². The Kier molecular flexibility index (Phi) is 3.51. The summed E-state index contributed by atoms with van der Waals surface area (Å²) < 4.78 is 23.1. The molecule has 1 aromatic rings. The van der Waals surface area contributed by atoms with Crippen LogP contribution in [0.15, 0.2) is 12.1 Å². The van der Waals surface area contributed by atoms with E-state index in [1.54, 1.807) is 11.3 Å². The van der Waals surface area contributed by atoms with Crippen LogP contribution in [0.25, 0.3) is 0 Å². The molecule has 1 fully saturated rings. The van der Waals surface area contributed by atoms with Gasteiger partial charge in [-0.25, -0.2) is 8.42 Å². The predicted octanol–water partition coefficient (Wildman–Crippen LogP) is 1.74. The van der Waals surface area contributed by atoms with Crippen LogP contribution in [0.1, 0.15) is 23.1 Å². The zero-order valence-corrected chi connectivity index (χ0v) is 11.8. The van der Waals surface area contributed by atoms with Crippen molar-refractivity contribution < 1.29 is 18.3 Å². The molecule has 0 aliphatic carbocycles. The molecule has 0 aromatic carbocycles. The molecule has 2 rings (SSSR count). The largest absolute Gasteiger partial charge is 0.481 e. The second kappa shape index (κ2) is 4.66. The molecule has 0 bridgehead atoms. The van der Waals surface area contributed by atoms with Crippen molar-refractivity contribution in [2.75, 3.05) is 11.5 Å². The Morgan fingerprint density at radius 1 is 1.44 bits per heavy atom. The Hall–Kier alpha value is -0.880. The molecule has 0 radical (unpaired) electrons. The summed E-state index contributed by atoms with van der Waals surface area (Å²) in [6.07, 6.45) is 1.47. The molecule has 1 saturated heterocycles. The number of sulfone groups is 1. The Balaban J connectivity index is 2.25. The van der Waals surface area contributed by atoms with Crippen molar-refractivity contribution in [3.63, 3.8) is 0 Å². The Morgan fingerprint density at radius 2 is 2.11 bits per heavy atom. The lowest BCUT2D eigenvalue weighted by Gasteiger charge is -2.21. The molecule has 1 aliphatic heterocycles. The fraction of sp³-hybridized carbons (Fsp3) is 0.583. The first kappa shape index (κ1) is 13.5. The number of rotatable bonds is 4. The first-order valence-corrected chi connectivity index (χ1v) is 8.52. The summed E-state index contributed by atoms with van der Waals surface area (Å²) in [6, 6.07) is 3.90. The van der Waals surface area contributed by atoms with E-state index in [2.05, 4.69) is 0 Å². The van der Waals surface area contributed by atoms with Crippen LogP contribution in [0.2, 0.25) is 0 Å². The molecule has 1 N–H and O–H groups in total. The number of hydrogen-bond acceptors (Lipinski definition) is 4. The van der Waals surface area contributed by atoms with Crippen molar-refractivity contribution in [1.29, 1.82) is 0 Å². The molecule has 2 heterocycles. The first-order chi connectivity index (χ1) is 8.37. The van der Waals surface area contributed by atoms with Gasteiger partial charge in [0.2, 0.25) is 0 Å². The summed E-state index contributed by atoms with van der Waals surface area (Å²) in [4.78, 5) is 13.6. The van der Waals surface area contributed by atoms with Crippen LogP contribution in [0.3, 0.4) is 0 Å². The standard InChI is InChI=1S/C12H16O4S2/c1-2-9-3-4-10(17-9)7-12(11(13)14)5-6-18(15,16)8-12/h3-4H,2,5-8H2,1H3,(H,13,14). The summed E-state index contributed by atoms with van der Waals surface area (Å²) in [6.45, 7) is 2.04. The van der Waals surface area contributed by atoms with Crippen molar-refractivity contribution >= 4 is 27.1 Å². The minimum absolute atomic E-state index is 0.00862. The molecule has 18 heavy (non-hydrogen) atoms. The maximum Gasteiger partial charge on any atom is 0.311 e. The van der Waals surface area contributed by atoms with Crippen LogP contribution in [0, 0.1) is 5.41 Å². The highest BCUT2D eigenvalue weighted by atomic mass is 32.2. The van der Waals surface area contributed by atoms with Crippen molar-refractivity contribution in [2.24, 2.45) is 5.41 Å². The molecule has 1 aromatic heterocycles. The minimum atomic E-state index is -3.19. The van der Waals surface area contributed by atoms with Gasteiger partial charge in [0.15, 0.2) is 9.84 Å². The third-order valence-electron chi connectivity index (χ3n) is 3.42. The van der Waals surface area contributed by atoms with E-state index in [4.69, 9.17) is 0 Å². The van der Waals surface area contributed by atoms with E-state index in [1.807, 2.05) is 19.1 Å². The lowest BCUT2D eigenvalue weighted by atomic mass is 9.83. The van der Waals surface area contributed by atoms with Crippen molar-refractivity contribution in [3.8, 4) is 0 Å². The van der Waals surface area contributed by atoms with Gasteiger partial charge in [0.25, 0.3) is 0 Å². The van der Waals surface area contributed by atoms with Gasteiger partial charge in [-0.2, -0.15) is 0 Å². The number of carboxylic acid groups (broad SMARTS) is 1. The second-order valence-corrected chi connectivity index (χ2v) is 8.26. The van der Waals surface area contributed by atoms with Crippen LogP contribution in [-0.4, -0.2) is 31.0 Å². The van der Waals surface area contributed by atoms with E-state index in [0.717, 1.165) is 11.3 Å². The van der Waals surface area contributed by atoms with Gasteiger partial charge in [-0.1, -0.05) is 6.92 Å². The van der Waals surface area contributed by atoms with Gasteiger partial charge in [-0.05, 0) is 31.4 Å². The highest BCUT2D eigenvalue weighted by molar-refractivity contribution is 7.91. The Labute approximate surface area is 111 Å². The van der Waals surface area contributed by atoms with Gasteiger partial charge in [-0.3, -0.25) is 4.79 Å². The lowest BCUT2D eigenvalue weighted by molar-refractivity contribution is -0.147. The summed E-state index contributed by atoms with van der Waals surface area (Å²) in [7, 11) is -3.19. The zero-order valence-electron chi connectivity index (χ0n) is 10.2. The van der Waals surface area contributed by atoms with Gasteiger partial charge < -0.3 is 5.11 Å². The predicted molar refractivity (Wildman–Crippen MR) is 70.7 cm³/mol. The third kappa shape index (κ3) is 2.59. The SMILES string of the molecule is CCc1ccc(CC2(C(=O)O)CCS(=O)(=O)C2)s1. The van der Waals surface area contributed by atoms with E-state index in [1.165, 1.54) is 4.88 Å². The van der Waals surface area contributed by atoms with E-state index in [0.29, 0.717) is 6.42 Å². The van der Waals surface area contributed by atoms with Crippen LogP contribution in [0.4, 0.5) is 0 Å². The summed E-state index contributed by atoms with van der Waals surface area (Å²) in [5, 5.41) is 9.36. The smallest absolute Gasteiger partial charge is 0.311 e. The first-order valence-electron chi connectivity index (χ1n) is 5.88. The number of carboxylic acids is 1. The number of aryl methyl sites for hydroxylation is 1. The third-order valence-corrected chi connectivity index (χ3v) is 6.47. The Morgan fingerprint density at radius 3 is 2.56 bits per heavy atom. The highest BCUT2D eigenvalue weighted by Crippen LogP contribution is 2.37. The second-order valence-electron chi connectivity index (χ2n) is 4.83. The molecule has 1 atom stereocenters. The molecule has 0 spiro atoms. The lowest BCUT2D eigenvalue weighted by Crippen LogP contribution is -2.34. The monoisotopic (exact) mass is 288 g/mol. The van der Waals surface area contributed by atoms with E-state index in [9.17, 15) is 18.3 Å². The van der Waals surface area contributed by atoms with Gasteiger partial charge in [-0.15, -0.1) is 11.3 Å². The molecule has 1 unspecified atom stereocenters. The fourth-order valence-corrected chi connectivity index (χ4v) is 5.50. The molecular weight excluding hydrogens is 272 g/mol. The average molecular weight is 288 g/mol. The summed E-state index contributed by atoms with van der Waals surface area (Å²) >= 11 is 1.58. The average Bonchev–Trinajstić information content (AvgIpc) is 2.84. The van der Waals surface area contributed by atoms with Crippen molar-refractivity contribution in [3.05, 3.63) is 21.9 Å². The fourth-order valence-electron chi connectivity index (χ4n) is 2.34. The topological polar surface area (TPSA) is 71.4 Å². The highest BCUT2D eigenvalue weighted by Gasteiger charge is 2.48. The molecular formula is C12H16O4S2. The number of thiophene rings is 1. The maximum absolute atomic E-state index is 11.5. The molecule has 1 aliphatic rings. The Bertz CT molecular complexity index is 558. The van der Waals surface area contributed by atoms with E-state index < -0.39 is 21.2 Å². The normalized spacial score (nSPS) is 26.3. The quantitative estimate of drug-likeness (QED) is 0.916. The maximum atomic E-state index is 11.5. The van der Waals surface area contributed by atoms with Crippen LogP contribution in [0.5, 0.6) is 0 Å². The number of hydrogen-bond donors (Lipinski definition) is 1. The number of carbonyl (C=O) groups is 1. The van der Waals surface area contributed by atoms with Gasteiger partial charge in [0, 0.05) is 9.75 Å². The van der Waals surface area contributed by atoms with E-state index in [-0.39, 0.29) is 17.9 Å².